The van der Waals surface area contributed by atoms with Gasteiger partial charge in [0, 0.05) is 29.2 Å². The minimum Gasteiger partial charge on any atom is -0.325 e. The van der Waals surface area contributed by atoms with E-state index in [0.29, 0.717) is 22.7 Å². The van der Waals surface area contributed by atoms with Crippen LogP contribution in [0.1, 0.15) is 0 Å². The number of nitro groups is 1. The molecule has 4 aromatic rings. The molecule has 0 atom stereocenters. The van der Waals surface area contributed by atoms with Gasteiger partial charge in [-0.25, -0.2) is 0 Å². The Balaban J connectivity index is 1.48. The van der Waals surface area contributed by atoms with Crippen LogP contribution < -0.4 is 16.0 Å². The van der Waals surface area contributed by atoms with Crippen molar-refractivity contribution in [1.29, 1.82) is 0 Å². The van der Waals surface area contributed by atoms with Gasteiger partial charge in [-0.15, -0.1) is 0 Å². The number of carbonyl (C=O) groups excluding carboxylic acids is 1. The molecule has 1 heterocycles. The van der Waals surface area contributed by atoms with E-state index < -0.39 is 4.92 Å². The molecule has 34 heavy (non-hydrogen) atoms. The molecule has 0 bridgehead atoms. The van der Waals surface area contributed by atoms with Crippen molar-refractivity contribution in [2.24, 2.45) is 0 Å². The Labute approximate surface area is 199 Å². The summed E-state index contributed by atoms with van der Waals surface area (Å²) in [6.45, 7) is 0. The number of aromatic nitrogens is 3. The number of rotatable bonds is 9. The van der Waals surface area contributed by atoms with Crippen LogP contribution in [-0.2, 0) is 4.79 Å². The van der Waals surface area contributed by atoms with E-state index in [0.717, 1.165) is 23.1 Å². The molecule has 0 radical (unpaired) electrons. The molecule has 0 spiro atoms. The third kappa shape index (κ3) is 6.50. The first-order chi connectivity index (χ1) is 16.5. The summed E-state index contributed by atoms with van der Waals surface area (Å²) in [6.07, 6.45) is 0. The number of para-hydroxylation sites is 2. The summed E-state index contributed by atoms with van der Waals surface area (Å²) in [7, 11) is 0. The number of nitrogens with zero attached hydrogens (tertiary/aromatic N) is 4. The number of carbonyl (C=O) groups is 1. The Morgan fingerprint density at radius 3 is 1.91 bits per heavy atom. The second kappa shape index (κ2) is 10.9. The second-order valence-corrected chi connectivity index (χ2v) is 7.83. The zero-order valence-electron chi connectivity index (χ0n) is 17.7. The third-order valence-electron chi connectivity index (χ3n) is 4.35. The van der Waals surface area contributed by atoms with Crippen LogP contribution in [0.3, 0.4) is 0 Å². The van der Waals surface area contributed by atoms with Gasteiger partial charge in [0.2, 0.25) is 17.8 Å². The molecule has 3 aromatic carbocycles. The Hall–Kier alpha value is -4.51. The van der Waals surface area contributed by atoms with Crippen molar-refractivity contribution in [3.63, 3.8) is 0 Å². The first kappa shape index (κ1) is 22.7. The van der Waals surface area contributed by atoms with Crippen LogP contribution in [0.4, 0.5) is 34.6 Å². The maximum absolute atomic E-state index is 12.4. The molecule has 4 rings (SSSR count). The zero-order chi connectivity index (χ0) is 23.8. The van der Waals surface area contributed by atoms with Gasteiger partial charge in [-0.1, -0.05) is 54.2 Å². The fraction of sp³-hybridized carbons (Fsp3) is 0.0435. The van der Waals surface area contributed by atoms with Gasteiger partial charge in [0.1, 0.15) is 0 Å². The van der Waals surface area contributed by atoms with Gasteiger partial charge in [0.15, 0.2) is 5.16 Å². The number of amides is 1. The molecule has 1 amide bonds. The van der Waals surface area contributed by atoms with Crippen molar-refractivity contribution in [1.82, 2.24) is 15.0 Å². The molecule has 10 nitrogen and oxygen atoms in total. The molecule has 1 aromatic heterocycles. The summed E-state index contributed by atoms with van der Waals surface area (Å²) in [5, 5.41) is 20.2. The lowest BCUT2D eigenvalue weighted by molar-refractivity contribution is -0.384. The first-order valence-electron chi connectivity index (χ1n) is 10.1. The molecule has 170 valence electrons. The van der Waals surface area contributed by atoms with Gasteiger partial charge in [-0.05, 0) is 30.3 Å². The predicted molar refractivity (Wildman–Crippen MR) is 132 cm³/mol. The summed E-state index contributed by atoms with van der Waals surface area (Å²) in [4.78, 5) is 36.1. The van der Waals surface area contributed by atoms with E-state index in [2.05, 4.69) is 30.9 Å². The predicted octanol–water partition coefficient (Wildman–Crippen LogP) is 5.00. The quantitative estimate of drug-likeness (QED) is 0.174. The second-order valence-electron chi connectivity index (χ2n) is 6.89. The Kier molecular flexibility index (Phi) is 7.25. The monoisotopic (exact) mass is 473 g/mol. The Bertz CT molecular complexity index is 1230. The average Bonchev–Trinajstić information content (AvgIpc) is 2.84. The largest absolute Gasteiger partial charge is 0.325 e. The van der Waals surface area contributed by atoms with E-state index in [1.807, 2.05) is 60.7 Å². The number of thioether (sulfide) groups is 1. The molecule has 0 fully saturated rings. The average molecular weight is 474 g/mol. The number of hydrogen-bond donors (Lipinski definition) is 3. The van der Waals surface area contributed by atoms with Crippen molar-refractivity contribution in [2.75, 3.05) is 21.7 Å². The van der Waals surface area contributed by atoms with E-state index in [9.17, 15) is 14.9 Å². The number of benzene rings is 3. The van der Waals surface area contributed by atoms with Gasteiger partial charge in [0.05, 0.1) is 10.7 Å². The fourth-order valence-electron chi connectivity index (χ4n) is 2.86. The number of non-ortho nitro benzene ring substituents is 1. The highest BCUT2D eigenvalue weighted by Crippen LogP contribution is 2.22. The van der Waals surface area contributed by atoms with Crippen LogP contribution in [0.25, 0.3) is 0 Å². The summed E-state index contributed by atoms with van der Waals surface area (Å²) in [5.41, 5.74) is 1.85. The van der Waals surface area contributed by atoms with Crippen molar-refractivity contribution in [2.45, 2.75) is 5.16 Å². The Morgan fingerprint density at radius 2 is 1.35 bits per heavy atom. The molecule has 0 unspecified atom stereocenters. The van der Waals surface area contributed by atoms with E-state index in [4.69, 9.17) is 0 Å². The maximum atomic E-state index is 12.4. The highest BCUT2D eigenvalue weighted by molar-refractivity contribution is 7.99. The normalized spacial score (nSPS) is 10.4. The van der Waals surface area contributed by atoms with Crippen LogP contribution in [0, 0.1) is 10.1 Å². The summed E-state index contributed by atoms with van der Waals surface area (Å²) < 4.78 is 0. The summed E-state index contributed by atoms with van der Waals surface area (Å²) in [5.74, 6) is 0.297. The molecule has 0 aliphatic rings. The van der Waals surface area contributed by atoms with Crippen molar-refractivity contribution in [3.05, 3.63) is 95.0 Å². The number of nitro benzene ring substituents is 1. The maximum Gasteiger partial charge on any atom is 0.271 e. The molecular formula is C23H19N7O3S. The first-order valence-corrected chi connectivity index (χ1v) is 11.1. The van der Waals surface area contributed by atoms with Crippen LogP contribution in [-0.4, -0.2) is 31.5 Å². The van der Waals surface area contributed by atoms with E-state index >= 15 is 0 Å². The van der Waals surface area contributed by atoms with Gasteiger partial charge in [-0.3, -0.25) is 14.9 Å². The lowest BCUT2D eigenvalue weighted by Gasteiger charge is -2.10. The molecule has 0 aliphatic carbocycles. The fourth-order valence-corrected chi connectivity index (χ4v) is 3.49. The smallest absolute Gasteiger partial charge is 0.271 e. The lowest BCUT2D eigenvalue weighted by atomic mass is 10.3. The molecule has 0 aliphatic heterocycles. The van der Waals surface area contributed by atoms with Gasteiger partial charge < -0.3 is 16.0 Å². The van der Waals surface area contributed by atoms with Gasteiger partial charge in [-0.2, -0.15) is 15.0 Å². The number of hydrogen-bond acceptors (Lipinski definition) is 9. The lowest BCUT2D eigenvalue weighted by Crippen LogP contribution is -2.14. The number of nitrogens with one attached hydrogen (secondary N) is 3. The van der Waals surface area contributed by atoms with Crippen molar-refractivity contribution < 1.29 is 9.72 Å². The van der Waals surface area contributed by atoms with Crippen LogP contribution in [0.5, 0.6) is 0 Å². The van der Waals surface area contributed by atoms with Crippen LogP contribution in [0.2, 0.25) is 0 Å². The van der Waals surface area contributed by atoms with Crippen LogP contribution >= 0.6 is 11.8 Å². The zero-order valence-corrected chi connectivity index (χ0v) is 18.5. The standard InChI is InChI=1S/C23H19N7O3S/c31-20(24-18-12-7-13-19(14-18)30(32)33)15-34-23-28-21(25-16-8-3-1-4-9-16)27-22(29-23)26-17-10-5-2-6-11-17/h1-14H,15H2,(H,24,31)(H2,25,26,27,28,29). The summed E-state index contributed by atoms with van der Waals surface area (Å²) in [6, 6.07) is 24.7. The van der Waals surface area contributed by atoms with E-state index in [1.54, 1.807) is 6.07 Å². The molecule has 0 saturated heterocycles. The number of anilines is 5. The molecule has 3 N–H and O–H groups in total. The van der Waals surface area contributed by atoms with Crippen molar-refractivity contribution >= 4 is 52.3 Å². The van der Waals surface area contributed by atoms with Gasteiger partial charge >= 0.3 is 0 Å². The highest BCUT2D eigenvalue weighted by Gasteiger charge is 2.12. The van der Waals surface area contributed by atoms with Crippen molar-refractivity contribution in [3.8, 4) is 0 Å². The molecule has 11 heteroatoms. The van der Waals surface area contributed by atoms with E-state index in [-0.39, 0.29) is 17.3 Å². The minimum absolute atomic E-state index is 0.00224. The molecule has 0 saturated carbocycles. The topological polar surface area (TPSA) is 135 Å². The third-order valence-corrected chi connectivity index (χ3v) is 5.20. The van der Waals surface area contributed by atoms with E-state index in [1.165, 1.54) is 18.2 Å². The summed E-state index contributed by atoms with van der Waals surface area (Å²) >= 11 is 1.12. The van der Waals surface area contributed by atoms with Gasteiger partial charge in [0.25, 0.3) is 5.69 Å². The molecular weight excluding hydrogens is 454 g/mol. The van der Waals surface area contributed by atoms with Crippen LogP contribution in [0.15, 0.2) is 90.1 Å². The highest BCUT2D eigenvalue weighted by atomic mass is 32.2. The minimum atomic E-state index is -0.516. The Morgan fingerprint density at radius 1 is 0.794 bits per heavy atom. The SMILES string of the molecule is O=C(CSc1nc(Nc2ccccc2)nc(Nc2ccccc2)n1)Nc1cccc([N+](=O)[O-])c1.